The quantitative estimate of drug-likeness (QED) is 0.686. The molecule has 2 aromatic heterocycles. The van der Waals surface area contributed by atoms with Crippen molar-refractivity contribution >= 4 is 23.3 Å². The summed E-state index contributed by atoms with van der Waals surface area (Å²) in [6, 6.07) is 3.35. The minimum Gasteiger partial charge on any atom is -0.348 e. The van der Waals surface area contributed by atoms with E-state index in [1.165, 1.54) is 0 Å². The van der Waals surface area contributed by atoms with Crippen LogP contribution in [0.5, 0.6) is 0 Å². The molecule has 3 rings (SSSR count). The molecule has 2 aromatic rings. The van der Waals surface area contributed by atoms with Crippen LogP contribution in [0.3, 0.4) is 0 Å². The molecule has 8 heteroatoms. The molecule has 23 heavy (non-hydrogen) atoms. The molecule has 3 heterocycles. The minimum absolute atomic E-state index is 0.208. The van der Waals surface area contributed by atoms with E-state index in [0.29, 0.717) is 17.8 Å². The molecule has 1 atom stereocenters. The minimum atomic E-state index is -0.329. The number of amides is 3. The third-order valence-corrected chi connectivity index (χ3v) is 4.54. The van der Waals surface area contributed by atoms with Crippen LogP contribution in [0.1, 0.15) is 19.4 Å². The van der Waals surface area contributed by atoms with Crippen LogP contribution < -0.4 is 16.0 Å². The third kappa shape index (κ3) is 3.11. The number of aromatic nitrogens is 2. The fraction of sp³-hybridized carbons (Fsp3) is 0.267. The Morgan fingerprint density at radius 1 is 1.48 bits per heavy atom. The predicted molar refractivity (Wildman–Crippen MR) is 87.6 cm³/mol. The van der Waals surface area contributed by atoms with Crippen LogP contribution in [-0.2, 0) is 11.3 Å². The summed E-state index contributed by atoms with van der Waals surface area (Å²) >= 11 is 1.61. The molecule has 1 aliphatic rings. The molecule has 0 radical (unpaired) electrons. The lowest BCUT2D eigenvalue weighted by atomic mass is 10.0. The molecule has 0 aromatic carbocycles. The van der Waals surface area contributed by atoms with Gasteiger partial charge in [0.1, 0.15) is 0 Å². The van der Waals surface area contributed by atoms with E-state index in [-0.39, 0.29) is 18.0 Å². The Hall–Kier alpha value is -2.61. The van der Waals surface area contributed by atoms with Gasteiger partial charge >= 0.3 is 6.03 Å². The fourth-order valence-corrected chi connectivity index (χ4v) is 3.34. The van der Waals surface area contributed by atoms with Gasteiger partial charge in [-0.15, -0.1) is 11.3 Å². The van der Waals surface area contributed by atoms with E-state index in [0.717, 1.165) is 16.1 Å². The molecule has 120 valence electrons. The maximum absolute atomic E-state index is 12.4. The van der Waals surface area contributed by atoms with Crippen molar-refractivity contribution < 1.29 is 9.59 Å². The molecular weight excluding hydrogens is 314 g/mol. The number of hydrogen-bond acceptors (Lipinski definition) is 4. The van der Waals surface area contributed by atoms with Crippen LogP contribution in [0, 0.1) is 0 Å². The first-order chi connectivity index (χ1) is 11.1. The van der Waals surface area contributed by atoms with E-state index in [1.54, 1.807) is 31.4 Å². The van der Waals surface area contributed by atoms with Crippen LogP contribution in [0.25, 0.3) is 10.6 Å². The monoisotopic (exact) mass is 331 g/mol. The zero-order valence-corrected chi connectivity index (χ0v) is 13.6. The van der Waals surface area contributed by atoms with Crippen LogP contribution in [-0.4, -0.2) is 28.2 Å². The van der Waals surface area contributed by atoms with Crippen molar-refractivity contribution in [1.29, 1.82) is 0 Å². The Morgan fingerprint density at radius 2 is 2.30 bits per heavy atom. The van der Waals surface area contributed by atoms with Gasteiger partial charge in [-0.1, -0.05) is 6.07 Å². The summed E-state index contributed by atoms with van der Waals surface area (Å²) in [5.41, 5.74) is 2.93. The molecule has 4 N–H and O–H groups in total. The second-order valence-electron chi connectivity index (χ2n) is 5.29. The predicted octanol–water partition coefficient (Wildman–Crippen LogP) is 1.73. The van der Waals surface area contributed by atoms with E-state index in [1.807, 2.05) is 17.5 Å². The van der Waals surface area contributed by atoms with Crippen molar-refractivity contribution in [2.24, 2.45) is 0 Å². The number of urea groups is 1. The van der Waals surface area contributed by atoms with Gasteiger partial charge in [-0.2, -0.15) is 5.10 Å². The van der Waals surface area contributed by atoms with Crippen molar-refractivity contribution in [2.75, 3.05) is 0 Å². The molecule has 0 saturated heterocycles. The van der Waals surface area contributed by atoms with E-state index >= 15 is 0 Å². The number of allylic oxidation sites excluding steroid dienone is 1. The second kappa shape index (κ2) is 6.25. The lowest BCUT2D eigenvalue weighted by Gasteiger charge is -2.25. The zero-order valence-electron chi connectivity index (χ0n) is 12.8. The summed E-state index contributed by atoms with van der Waals surface area (Å²) < 4.78 is 0. The first kappa shape index (κ1) is 15.3. The average molecular weight is 331 g/mol. The molecular formula is C15H17N5O2S. The number of rotatable bonds is 4. The number of carbonyl (C=O) groups is 2. The topological polar surface area (TPSA) is 98.9 Å². The van der Waals surface area contributed by atoms with Crippen LogP contribution in [0.4, 0.5) is 4.79 Å². The summed E-state index contributed by atoms with van der Waals surface area (Å²) in [7, 11) is 0. The Bertz CT molecular complexity index is 763. The van der Waals surface area contributed by atoms with Gasteiger partial charge in [0.2, 0.25) is 0 Å². The first-order valence-corrected chi connectivity index (χ1v) is 8.07. The Morgan fingerprint density at radius 3 is 3.00 bits per heavy atom. The van der Waals surface area contributed by atoms with E-state index < -0.39 is 0 Å². The highest BCUT2D eigenvalue weighted by atomic mass is 32.1. The van der Waals surface area contributed by atoms with Crippen molar-refractivity contribution in [3.05, 3.63) is 40.5 Å². The van der Waals surface area contributed by atoms with Gasteiger partial charge in [-0.05, 0) is 25.3 Å². The highest BCUT2D eigenvalue weighted by molar-refractivity contribution is 7.13. The van der Waals surface area contributed by atoms with Crippen molar-refractivity contribution in [2.45, 2.75) is 26.4 Å². The number of hydrogen-bond donors (Lipinski definition) is 4. The normalized spacial score (nSPS) is 17.7. The molecule has 0 spiro atoms. The van der Waals surface area contributed by atoms with Crippen molar-refractivity contribution in [1.82, 2.24) is 26.1 Å². The van der Waals surface area contributed by atoms with E-state index in [2.05, 4.69) is 26.1 Å². The summed E-state index contributed by atoms with van der Waals surface area (Å²) in [6.45, 7) is 3.87. The molecule has 1 aliphatic heterocycles. The summed E-state index contributed by atoms with van der Waals surface area (Å²) in [5, 5.41) is 17.2. The number of H-pyrrole nitrogens is 1. The Labute approximate surface area is 137 Å². The first-order valence-electron chi connectivity index (χ1n) is 7.19. The third-order valence-electron chi connectivity index (χ3n) is 3.66. The fourth-order valence-electron chi connectivity index (χ4n) is 2.58. The molecule has 7 nitrogen and oxygen atoms in total. The van der Waals surface area contributed by atoms with Gasteiger partial charge in [-0.3, -0.25) is 9.89 Å². The Balaban J connectivity index is 1.72. The Kier molecular flexibility index (Phi) is 4.16. The van der Waals surface area contributed by atoms with Gasteiger partial charge in [0.15, 0.2) is 0 Å². The van der Waals surface area contributed by atoms with Gasteiger partial charge in [0.05, 0.1) is 28.4 Å². The lowest BCUT2D eigenvalue weighted by Crippen LogP contribution is -2.50. The molecule has 0 fully saturated rings. The van der Waals surface area contributed by atoms with E-state index in [4.69, 9.17) is 0 Å². The molecule has 3 amide bonds. The standard InChI is InChI=1S/C15H17N5O2S/c1-8-12(9(2)19-15(22)18-8)14(21)16-6-10-7-17-20-13(10)11-4-3-5-23-11/h3-5,7-8H,6H2,1-2H3,(H,16,21)(H,17,20)(H2,18,19,22). The van der Waals surface area contributed by atoms with Crippen molar-refractivity contribution in [3.8, 4) is 10.6 Å². The highest BCUT2D eigenvalue weighted by Crippen LogP contribution is 2.25. The average Bonchev–Trinajstić information content (AvgIpc) is 3.15. The van der Waals surface area contributed by atoms with Gasteiger partial charge in [-0.25, -0.2) is 4.79 Å². The number of thiophene rings is 1. The SMILES string of the molecule is CC1=C(C(=O)NCc2cn[nH]c2-c2cccs2)C(C)NC(=O)N1. The smallest absolute Gasteiger partial charge is 0.319 e. The van der Waals surface area contributed by atoms with Crippen molar-refractivity contribution in [3.63, 3.8) is 0 Å². The van der Waals surface area contributed by atoms with Crippen LogP contribution in [0.15, 0.2) is 35.0 Å². The largest absolute Gasteiger partial charge is 0.348 e. The van der Waals surface area contributed by atoms with E-state index in [9.17, 15) is 9.59 Å². The second-order valence-corrected chi connectivity index (χ2v) is 6.24. The van der Waals surface area contributed by atoms with Crippen LogP contribution in [0.2, 0.25) is 0 Å². The zero-order chi connectivity index (χ0) is 16.4. The molecule has 0 bridgehead atoms. The molecule has 1 unspecified atom stereocenters. The summed E-state index contributed by atoms with van der Waals surface area (Å²) in [4.78, 5) is 24.9. The number of nitrogens with one attached hydrogen (secondary N) is 4. The molecule has 0 saturated carbocycles. The number of nitrogens with zero attached hydrogens (tertiary/aromatic N) is 1. The summed E-state index contributed by atoms with van der Waals surface area (Å²) in [6.07, 6.45) is 1.71. The highest BCUT2D eigenvalue weighted by Gasteiger charge is 2.26. The number of aromatic amines is 1. The lowest BCUT2D eigenvalue weighted by molar-refractivity contribution is -0.118. The maximum atomic E-state index is 12.4. The molecule has 0 aliphatic carbocycles. The van der Waals surface area contributed by atoms with Gasteiger partial charge in [0, 0.05) is 17.8 Å². The number of carbonyl (C=O) groups excluding carboxylic acids is 2. The van der Waals surface area contributed by atoms with Crippen LogP contribution >= 0.6 is 11.3 Å². The van der Waals surface area contributed by atoms with Gasteiger partial charge < -0.3 is 16.0 Å². The van der Waals surface area contributed by atoms with Gasteiger partial charge in [0.25, 0.3) is 5.91 Å². The maximum Gasteiger partial charge on any atom is 0.319 e. The summed E-state index contributed by atoms with van der Waals surface area (Å²) in [5.74, 6) is -0.208.